The zero-order valence-corrected chi connectivity index (χ0v) is 15.9. The third kappa shape index (κ3) is 2.57. The number of hydrogen-bond acceptors (Lipinski definition) is 4. The van der Waals surface area contributed by atoms with Crippen molar-refractivity contribution in [2.45, 2.75) is 63.1 Å². The fourth-order valence-corrected chi connectivity index (χ4v) is 4.70. The molecule has 0 aliphatic carbocycles. The van der Waals surface area contributed by atoms with E-state index in [9.17, 15) is 9.90 Å². The highest BCUT2D eigenvalue weighted by atomic mass is 16.3. The second kappa shape index (κ2) is 5.94. The van der Waals surface area contributed by atoms with Crippen molar-refractivity contribution in [1.82, 2.24) is 24.5 Å². The molecular formula is C19H27N5O2. The number of aryl methyl sites for hydroxylation is 2. The highest BCUT2D eigenvalue weighted by Crippen LogP contribution is 2.46. The maximum atomic E-state index is 13.2. The number of fused-ring (bicyclic) bond motifs is 2. The van der Waals surface area contributed by atoms with Crippen molar-refractivity contribution in [3.63, 3.8) is 0 Å². The van der Waals surface area contributed by atoms with E-state index in [1.54, 1.807) is 15.6 Å². The molecule has 26 heavy (non-hydrogen) atoms. The summed E-state index contributed by atoms with van der Waals surface area (Å²) >= 11 is 0. The van der Waals surface area contributed by atoms with E-state index in [-0.39, 0.29) is 23.9 Å². The number of carbonyl (C=O) groups excluding carboxylic acids is 1. The van der Waals surface area contributed by atoms with Crippen molar-refractivity contribution < 1.29 is 9.90 Å². The van der Waals surface area contributed by atoms with Crippen LogP contribution in [0.15, 0.2) is 18.3 Å². The van der Waals surface area contributed by atoms with Crippen molar-refractivity contribution in [2.24, 2.45) is 14.1 Å². The quantitative estimate of drug-likeness (QED) is 0.911. The SMILES string of the molecule is CC(C)c1cc(C(=O)N2C3CCC2CC(O)(c2ccnn2C)C3)n(C)n1. The van der Waals surface area contributed by atoms with Crippen molar-refractivity contribution in [3.8, 4) is 0 Å². The van der Waals surface area contributed by atoms with E-state index in [2.05, 4.69) is 24.0 Å². The van der Waals surface area contributed by atoms with Gasteiger partial charge in [-0.25, -0.2) is 0 Å². The summed E-state index contributed by atoms with van der Waals surface area (Å²) in [6.07, 6.45) is 4.71. The first-order valence-corrected chi connectivity index (χ1v) is 9.37. The molecular weight excluding hydrogens is 330 g/mol. The van der Waals surface area contributed by atoms with Crippen LogP contribution in [0, 0.1) is 0 Å². The van der Waals surface area contributed by atoms with Crippen LogP contribution in [0.4, 0.5) is 0 Å². The van der Waals surface area contributed by atoms with Gasteiger partial charge in [0.15, 0.2) is 0 Å². The van der Waals surface area contributed by atoms with Crippen LogP contribution in [0.1, 0.15) is 67.3 Å². The van der Waals surface area contributed by atoms with Crippen LogP contribution in [0.5, 0.6) is 0 Å². The van der Waals surface area contributed by atoms with Crippen LogP contribution in [0.2, 0.25) is 0 Å². The molecule has 2 saturated heterocycles. The maximum Gasteiger partial charge on any atom is 0.272 e. The molecule has 2 aliphatic rings. The van der Waals surface area contributed by atoms with Gasteiger partial charge in [0.1, 0.15) is 11.3 Å². The van der Waals surface area contributed by atoms with E-state index in [0.717, 1.165) is 24.2 Å². The standard InChI is InChI=1S/C19H27N5O2/c1-12(2)15-9-16(22(3)21-15)18(25)24-13-5-6-14(24)11-19(26,10-13)17-7-8-20-23(17)4/h7-9,12-14,26H,5-6,10-11H2,1-4H3. The van der Waals surface area contributed by atoms with Crippen LogP contribution in [0.3, 0.4) is 0 Å². The highest BCUT2D eigenvalue weighted by Gasteiger charge is 2.51. The Morgan fingerprint density at radius 3 is 2.38 bits per heavy atom. The summed E-state index contributed by atoms with van der Waals surface area (Å²) in [4.78, 5) is 15.2. The van der Waals surface area contributed by atoms with Gasteiger partial charge in [-0.15, -0.1) is 0 Å². The summed E-state index contributed by atoms with van der Waals surface area (Å²) in [5.74, 6) is 0.321. The lowest BCUT2D eigenvalue weighted by atomic mass is 9.83. The number of rotatable bonds is 3. The van der Waals surface area contributed by atoms with E-state index in [1.165, 1.54) is 0 Å². The minimum Gasteiger partial charge on any atom is -0.383 e. The second-order valence-electron chi connectivity index (χ2n) is 8.11. The lowest BCUT2D eigenvalue weighted by molar-refractivity contribution is -0.0532. The van der Waals surface area contributed by atoms with Crippen LogP contribution >= 0.6 is 0 Å². The fraction of sp³-hybridized carbons (Fsp3) is 0.632. The number of piperidine rings is 1. The molecule has 2 aliphatic heterocycles. The third-order valence-corrected chi connectivity index (χ3v) is 6.01. The molecule has 7 nitrogen and oxygen atoms in total. The number of nitrogens with zero attached hydrogens (tertiary/aromatic N) is 5. The van der Waals surface area contributed by atoms with E-state index in [0.29, 0.717) is 18.5 Å². The molecule has 1 N–H and O–H groups in total. The molecule has 2 unspecified atom stereocenters. The first-order valence-electron chi connectivity index (χ1n) is 9.37. The molecule has 0 saturated carbocycles. The lowest BCUT2D eigenvalue weighted by Gasteiger charge is -2.43. The first kappa shape index (κ1) is 17.3. The lowest BCUT2D eigenvalue weighted by Crippen LogP contribution is -2.52. The summed E-state index contributed by atoms with van der Waals surface area (Å²) in [5, 5.41) is 20.0. The Hall–Kier alpha value is -2.15. The van der Waals surface area contributed by atoms with Crippen molar-refractivity contribution in [2.75, 3.05) is 0 Å². The van der Waals surface area contributed by atoms with E-state index >= 15 is 0 Å². The molecule has 2 bridgehead atoms. The summed E-state index contributed by atoms with van der Waals surface area (Å²) in [6.45, 7) is 4.16. The van der Waals surface area contributed by atoms with Gasteiger partial charge in [-0.1, -0.05) is 13.8 Å². The van der Waals surface area contributed by atoms with Crippen molar-refractivity contribution in [3.05, 3.63) is 35.4 Å². The van der Waals surface area contributed by atoms with Gasteiger partial charge in [0.2, 0.25) is 0 Å². The molecule has 1 amide bonds. The summed E-state index contributed by atoms with van der Waals surface area (Å²) in [5.41, 5.74) is 1.50. The molecule has 0 radical (unpaired) electrons. The van der Waals surface area contributed by atoms with Crippen LogP contribution in [-0.4, -0.2) is 47.6 Å². The van der Waals surface area contributed by atoms with E-state index in [4.69, 9.17) is 0 Å². The molecule has 4 rings (SSSR count). The molecule has 2 atom stereocenters. The fourth-order valence-electron chi connectivity index (χ4n) is 4.70. The van der Waals surface area contributed by atoms with Gasteiger partial charge in [0, 0.05) is 45.2 Å². The number of hydrogen-bond donors (Lipinski definition) is 1. The molecule has 140 valence electrons. The van der Waals surface area contributed by atoms with Gasteiger partial charge in [0.05, 0.1) is 11.4 Å². The largest absolute Gasteiger partial charge is 0.383 e. The smallest absolute Gasteiger partial charge is 0.272 e. The summed E-state index contributed by atoms with van der Waals surface area (Å²) in [6, 6.07) is 3.90. The van der Waals surface area contributed by atoms with Crippen LogP contribution < -0.4 is 0 Å². The maximum absolute atomic E-state index is 13.2. The average Bonchev–Trinajstić information content (AvgIpc) is 3.24. The Bertz CT molecular complexity index is 823. The molecule has 0 aromatic carbocycles. The van der Waals surface area contributed by atoms with Crippen LogP contribution in [0.25, 0.3) is 0 Å². The number of aliphatic hydroxyl groups is 1. The Morgan fingerprint density at radius 1 is 1.23 bits per heavy atom. The van der Waals surface area contributed by atoms with Gasteiger partial charge in [-0.2, -0.15) is 10.2 Å². The van der Waals surface area contributed by atoms with E-state index in [1.807, 2.05) is 31.1 Å². The molecule has 2 aromatic rings. The minimum absolute atomic E-state index is 0.0338. The predicted molar refractivity (Wildman–Crippen MR) is 96.6 cm³/mol. The molecule has 7 heteroatoms. The third-order valence-electron chi connectivity index (χ3n) is 6.01. The minimum atomic E-state index is -0.913. The summed E-state index contributed by atoms with van der Waals surface area (Å²) in [7, 11) is 3.69. The van der Waals surface area contributed by atoms with E-state index < -0.39 is 5.60 Å². The monoisotopic (exact) mass is 357 g/mol. The number of aromatic nitrogens is 4. The summed E-state index contributed by atoms with van der Waals surface area (Å²) < 4.78 is 3.44. The molecule has 0 spiro atoms. The van der Waals surface area contributed by atoms with Crippen molar-refractivity contribution in [1.29, 1.82) is 0 Å². The predicted octanol–water partition coefficient (Wildman–Crippen LogP) is 1.93. The van der Waals surface area contributed by atoms with Gasteiger partial charge in [0.25, 0.3) is 5.91 Å². The van der Waals surface area contributed by atoms with Crippen molar-refractivity contribution >= 4 is 5.91 Å². The molecule has 2 aromatic heterocycles. The Labute approximate surface area is 153 Å². The highest BCUT2D eigenvalue weighted by molar-refractivity contribution is 5.93. The molecule has 4 heterocycles. The molecule has 2 fully saturated rings. The second-order valence-corrected chi connectivity index (χ2v) is 8.11. The Morgan fingerprint density at radius 2 is 1.88 bits per heavy atom. The van der Waals surface area contributed by atoms with Gasteiger partial charge in [-0.3, -0.25) is 14.2 Å². The Balaban J connectivity index is 1.61. The van der Waals surface area contributed by atoms with Crippen LogP contribution in [-0.2, 0) is 19.7 Å². The zero-order chi connectivity index (χ0) is 18.6. The van der Waals surface area contributed by atoms with Gasteiger partial charge < -0.3 is 10.0 Å². The Kier molecular flexibility index (Phi) is 3.95. The first-order chi connectivity index (χ1) is 12.3. The number of amides is 1. The zero-order valence-electron chi connectivity index (χ0n) is 15.9. The van der Waals surface area contributed by atoms with Gasteiger partial charge in [-0.05, 0) is 30.9 Å². The normalized spacial score (nSPS) is 28.2. The average molecular weight is 357 g/mol. The topological polar surface area (TPSA) is 76.2 Å². The van der Waals surface area contributed by atoms with Gasteiger partial charge >= 0.3 is 0 Å². The number of carbonyl (C=O) groups is 1.